The minimum atomic E-state index is 0.158. The summed E-state index contributed by atoms with van der Waals surface area (Å²) in [5.74, 6) is 1.05. The molecule has 0 heterocycles. The first-order valence-corrected chi connectivity index (χ1v) is 6.06. The monoisotopic (exact) mass is 215 g/mol. The lowest BCUT2D eigenvalue weighted by Crippen LogP contribution is -2.41. The van der Waals surface area contributed by atoms with E-state index in [-0.39, 0.29) is 23.2 Å². The zero-order chi connectivity index (χ0) is 10.1. The van der Waals surface area contributed by atoms with Gasteiger partial charge in [-0.1, -0.05) is 6.92 Å². The third-order valence-electron chi connectivity index (χ3n) is 3.50. The van der Waals surface area contributed by atoms with Gasteiger partial charge in [-0.15, -0.1) is 11.6 Å². The van der Waals surface area contributed by atoms with E-state index < -0.39 is 0 Å². The summed E-state index contributed by atoms with van der Waals surface area (Å²) in [5, 5.41) is 3.24. The summed E-state index contributed by atoms with van der Waals surface area (Å²) in [6, 6.07) is 0.227. The van der Waals surface area contributed by atoms with Crippen molar-refractivity contribution in [1.29, 1.82) is 0 Å². The van der Waals surface area contributed by atoms with Crippen molar-refractivity contribution in [3.8, 4) is 0 Å². The molecule has 0 aliphatic heterocycles. The average molecular weight is 216 g/mol. The number of carbonyl (C=O) groups is 1. The Morgan fingerprint density at radius 2 is 2.07 bits per heavy atom. The molecule has 80 valence electrons. The molecule has 1 N–H and O–H groups in total. The lowest BCUT2D eigenvalue weighted by atomic mass is 10.1. The van der Waals surface area contributed by atoms with E-state index in [0.717, 1.165) is 19.3 Å². The first-order chi connectivity index (χ1) is 6.68. The number of halogens is 1. The Morgan fingerprint density at radius 1 is 1.36 bits per heavy atom. The summed E-state index contributed by atoms with van der Waals surface area (Å²) in [6.45, 7) is 2.03. The van der Waals surface area contributed by atoms with Crippen LogP contribution in [0.3, 0.4) is 0 Å². The highest BCUT2D eigenvalue weighted by Gasteiger charge is 2.35. The summed E-state index contributed by atoms with van der Waals surface area (Å²) in [7, 11) is 0. The summed E-state index contributed by atoms with van der Waals surface area (Å²) in [6.07, 6.45) is 5.70. The van der Waals surface area contributed by atoms with Crippen LogP contribution >= 0.6 is 11.6 Å². The van der Waals surface area contributed by atoms with Crippen molar-refractivity contribution in [2.45, 2.75) is 50.4 Å². The van der Waals surface area contributed by atoms with Crippen molar-refractivity contribution in [2.75, 3.05) is 0 Å². The molecule has 2 aliphatic rings. The molecule has 3 unspecified atom stereocenters. The number of amides is 1. The van der Waals surface area contributed by atoms with Gasteiger partial charge in [-0.05, 0) is 38.0 Å². The van der Waals surface area contributed by atoms with Crippen LogP contribution in [-0.4, -0.2) is 17.3 Å². The minimum Gasteiger partial charge on any atom is -0.352 e. The van der Waals surface area contributed by atoms with Crippen LogP contribution in [0.15, 0.2) is 0 Å². The molecule has 0 aromatic heterocycles. The standard InChI is InChI=1S/C11H18ClNO/c1-7(8-5-6-8)11(14)13-10-4-2-3-9(10)12/h7-10H,2-6H2,1H3,(H,13,14). The molecule has 2 aliphatic carbocycles. The Labute approximate surface area is 90.4 Å². The zero-order valence-electron chi connectivity index (χ0n) is 8.63. The predicted octanol–water partition coefficient (Wildman–Crippen LogP) is 2.31. The van der Waals surface area contributed by atoms with E-state index >= 15 is 0 Å². The molecule has 0 radical (unpaired) electrons. The van der Waals surface area contributed by atoms with Gasteiger partial charge >= 0.3 is 0 Å². The highest BCUT2D eigenvalue weighted by molar-refractivity contribution is 6.21. The second-order valence-corrected chi connectivity index (χ2v) is 5.25. The first kappa shape index (κ1) is 10.3. The third kappa shape index (κ3) is 2.22. The lowest BCUT2D eigenvalue weighted by Gasteiger charge is -2.18. The molecule has 14 heavy (non-hydrogen) atoms. The maximum absolute atomic E-state index is 11.8. The Morgan fingerprint density at radius 3 is 2.57 bits per heavy atom. The van der Waals surface area contributed by atoms with Crippen molar-refractivity contribution < 1.29 is 4.79 Å². The second kappa shape index (κ2) is 4.09. The molecular formula is C11H18ClNO. The molecule has 2 nitrogen and oxygen atoms in total. The highest BCUT2D eigenvalue weighted by atomic mass is 35.5. The molecule has 2 rings (SSSR count). The molecule has 3 heteroatoms. The van der Waals surface area contributed by atoms with E-state index in [1.165, 1.54) is 12.8 Å². The molecule has 0 saturated heterocycles. The van der Waals surface area contributed by atoms with E-state index in [4.69, 9.17) is 11.6 Å². The van der Waals surface area contributed by atoms with Gasteiger partial charge in [0.1, 0.15) is 0 Å². The third-order valence-corrected chi connectivity index (χ3v) is 4.02. The van der Waals surface area contributed by atoms with Gasteiger partial charge in [0.05, 0.1) is 5.38 Å². The normalized spacial score (nSPS) is 34.1. The molecule has 0 aromatic rings. The van der Waals surface area contributed by atoms with E-state index in [0.29, 0.717) is 5.92 Å². The smallest absolute Gasteiger partial charge is 0.223 e. The van der Waals surface area contributed by atoms with Gasteiger partial charge in [0, 0.05) is 12.0 Å². The van der Waals surface area contributed by atoms with Gasteiger partial charge in [0.25, 0.3) is 0 Å². The van der Waals surface area contributed by atoms with Crippen LogP contribution in [-0.2, 0) is 4.79 Å². The van der Waals surface area contributed by atoms with Crippen LogP contribution in [0, 0.1) is 11.8 Å². The van der Waals surface area contributed by atoms with Crippen LogP contribution in [0.1, 0.15) is 39.0 Å². The molecular weight excluding hydrogens is 198 g/mol. The SMILES string of the molecule is CC(C(=O)NC1CCCC1Cl)C1CC1. The quantitative estimate of drug-likeness (QED) is 0.720. The van der Waals surface area contributed by atoms with Crippen LogP contribution in [0.2, 0.25) is 0 Å². The van der Waals surface area contributed by atoms with Gasteiger partial charge in [-0.25, -0.2) is 0 Å². The van der Waals surface area contributed by atoms with Gasteiger partial charge in [-0.2, -0.15) is 0 Å². The van der Waals surface area contributed by atoms with Gasteiger partial charge in [-0.3, -0.25) is 4.79 Å². The second-order valence-electron chi connectivity index (χ2n) is 4.69. The molecule has 0 spiro atoms. The number of hydrogen-bond donors (Lipinski definition) is 1. The fourth-order valence-electron chi connectivity index (χ4n) is 2.20. The predicted molar refractivity (Wildman–Crippen MR) is 57.3 cm³/mol. The Balaban J connectivity index is 1.80. The molecule has 0 bridgehead atoms. The summed E-state index contributed by atoms with van der Waals surface area (Å²) in [5.41, 5.74) is 0. The molecule has 2 saturated carbocycles. The first-order valence-electron chi connectivity index (χ1n) is 5.63. The maximum Gasteiger partial charge on any atom is 0.223 e. The topological polar surface area (TPSA) is 29.1 Å². The Hall–Kier alpha value is -0.240. The minimum absolute atomic E-state index is 0.158. The van der Waals surface area contributed by atoms with Crippen molar-refractivity contribution >= 4 is 17.5 Å². The van der Waals surface area contributed by atoms with E-state index in [2.05, 4.69) is 5.32 Å². The fourth-order valence-corrected chi connectivity index (χ4v) is 2.55. The van der Waals surface area contributed by atoms with Crippen molar-refractivity contribution in [3.63, 3.8) is 0 Å². The van der Waals surface area contributed by atoms with Gasteiger partial charge in [0.2, 0.25) is 5.91 Å². The summed E-state index contributed by atoms with van der Waals surface area (Å²) in [4.78, 5) is 11.8. The van der Waals surface area contributed by atoms with Crippen molar-refractivity contribution in [3.05, 3.63) is 0 Å². The van der Waals surface area contributed by atoms with Gasteiger partial charge in [0.15, 0.2) is 0 Å². The number of hydrogen-bond acceptors (Lipinski definition) is 1. The van der Waals surface area contributed by atoms with Gasteiger partial charge < -0.3 is 5.32 Å². The van der Waals surface area contributed by atoms with E-state index in [9.17, 15) is 4.79 Å². The molecule has 0 aromatic carbocycles. The highest BCUT2D eigenvalue weighted by Crippen LogP contribution is 2.37. The largest absolute Gasteiger partial charge is 0.352 e. The number of nitrogens with one attached hydrogen (secondary N) is 1. The number of carbonyl (C=O) groups excluding carboxylic acids is 1. The number of alkyl halides is 1. The Bertz CT molecular complexity index is 227. The summed E-state index contributed by atoms with van der Waals surface area (Å²) < 4.78 is 0. The Kier molecular flexibility index (Phi) is 3.01. The van der Waals surface area contributed by atoms with Crippen molar-refractivity contribution in [2.24, 2.45) is 11.8 Å². The zero-order valence-corrected chi connectivity index (χ0v) is 9.39. The lowest BCUT2D eigenvalue weighted by molar-refractivity contribution is -0.125. The fraction of sp³-hybridized carbons (Fsp3) is 0.909. The van der Waals surface area contributed by atoms with Crippen LogP contribution < -0.4 is 5.32 Å². The molecule has 3 atom stereocenters. The molecule has 2 fully saturated rings. The van der Waals surface area contributed by atoms with Crippen LogP contribution in [0.4, 0.5) is 0 Å². The summed E-state index contributed by atoms with van der Waals surface area (Å²) >= 11 is 6.11. The molecule has 1 amide bonds. The van der Waals surface area contributed by atoms with E-state index in [1.54, 1.807) is 0 Å². The van der Waals surface area contributed by atoms with Crippen LogP contribution in [0.5, 0.6) is 0 Å². The maximum atomic E-state index is 11.8. The average Bonchev–Trinajstić information content (AvgIpc) is 2.92. The van der Waals surface area contributed by atoms with Crippen LogP contribution in [0.25, 0.3) is 0 Å². The number of rotatable bonds is 3. The van der Waals surface area contributed by atoms with E-state index in [1.807, 2.05) is 6.92 Å². The van der Waals surface area contributed by atoms with Crippen molar-refractivity contribution in [1.82, 2.24) is 5.32 Å².